The van der Waals surface area contributed by atoms with E-state index in [0.29, 0.717) is 23.1 Å². The largest absolute Gasteiger partial charge is 0.326 e. The van der Waals surface area contributed by atoms with Crippen molar-refractivity contribution in [2.75, 3.05) is 18.4 Å². The Morgan fingerprint density at radius 3 is 2.55 bits per heavy atom. The highest BCUT2D eigenvalue weighted by Gasteiger charge is 2.27. The van der Waals surface area contributed by atoms with Crippen LogP contribution in [0.2, 0.25) is 10.0 Å². The molecule has 33 heavy (non-hydrogen) atoms. The van der Waals surface area contributed by atoms with Gasteiger partial charge in [0.2, 0.25) is 5.91 Å². The number of benzene rings is 3. The Bertz CT molecular complexity index is 1090. The Morgan fingerprint density at radius 1 is 1.06 bits per heavy atom. The molecule has 1 amide bonds. The first-order valence-corrected chi connectivity index (χ1v) is 13.0. The van der Waals surface area contributed by atoms with Crippen LogP contribution in [-0.4, -0.2) is 23.9 Å². The molecule has 4 rings (SSSR count). The summed E-state index contributed by atoms with van der Waals surface area (Å²) in [5.74, 6) is 0.938. The summed E-state index contributed by atoms with van der Waals surface area (Å²) in [6, 6.07) is 22.3. The van der Waals surface area contributed by atoms with Gasteiger partial charge in [-0.25, -0.2) is 0 Å². The van der Waals surface area contributed by atoms with Crippen LogP contribution in [0.15, 0.2) is 71.6 Å². The van der Waals surface area contributed by atoms with Gasteiger partial charge in [0, 0.05) is 45.0 Å². The van der Waals surface area contributed by atoms with Crippen LogP contribution < -0.4 is 5.32 Å². The molecule has 1 fully saturated rings. The number of aryl methyl sites for hydroxylation is 1. The number of nitrogens with zero attached hydrogens (tertiary/aromatic N) is 1. The molecule has 1 saturated heterocycles. The normalized spacial score (nSPS) is 16.5. The molecule has 1 heterocycles. The van der Waals surface area contributed by atoms with E-state index in [1.165, 1.54) is 10.5 Å². The van der Waals surface area contributed by atoms with Crippen molar-refractivity contribution in [2.45, 2.75) is 37.0 Å². The minimum absolute atomic E-state index is 0.0484. The van der Waals surface area contributed by atoms with E-state index in [-0.39, 0.29) is 11.8 Å². The lowest BCUT2D eigenvalue weighted by Crippen LogP contribution is -2.40. The second-order valence-electron chi connectivity index (χ2n) is 8.51. The lowest BCUT2D eigenvalue weighted by molar-refractivity contribution is -0.121. The molecule has 3 nitrogen and oxygen atoms in total. The summed E-state index contributed by atoms with van der Waals surface area (Å²) in [5.41, 5.74) is 4.16. The molecule has 6 heteroatoms. The molecule has 1 aliphatic heterocycles. The van der Waals surface area contributed by atoms with Crippen LogP contribution in [0, 0.1) is 12.8 Å². The molecule has 0 saturated carbocycles. The summed E-state index contributed by atoms with van der Waals surface area (Å²) in [7, 11) is 0. The molecular formula is C27H28Cl2N2OS. The number of carbonyl (C=O) groups excluding carboxylic acids is 1. The number of amides is 1. The zero-order valence-electron chi connectivity index (χ0n) is 18.7. The minimum atomic E-state index is -0.0484. The Morgan fingerprint density at radius 2 is 1.82 bits per heavy atom. The summed E-state index contributed by atoms with van der Waals surface area (Å²) < 4.78 is 0. The molecule has 0 spiro atoms. The van der Waals surface area contributed by atoms with E-state index in [0.717, 1.165) is 42.0 Å². The van der Waals surface area contributed by atoms with Gasteiger partial charge in [-0.3, -0.25) is 9.69 Å². The number of hydrogen-bond donors (Lipinski definition) is 1. The first kappa shape index (κ1) is 24.2. The third-order valence-corrected chi connectivity index (χ3v) is 7.81. The topological polar surface area (TPSA) is 32.3 Å². The minimum Gasteiger partial charge on any atom is -0.326 e. The first-order chi connectivity index (χ1) is 16.0. The predicted octanol–water partition coefficient (Wildman–Crippen LogP) is 7.44. The van der Waals surface area contributed by atoms with E-state index in [2.05, 4.69) is 53.5 Å². The van der Waals surface area contributed by atoms with Gasteiger partial charge in [0.05, 0.1) is 5.92 Å². The number of thioether (sulfide) groups is 1. The Balaban J connectivity index is 1.34. The Labute approximate surface area is 210 Å². The van der Waals surface area contributed by atoms with Gasteiger partial charge in [0.15, 0.2) is 0 Å². The van der Waals surface area contributed by atoms with E-state index in [9.17, 15) is 4.79 Å². The van der Waals surface area contributed by atoms with Gasteiger partial charge in [-0.05, 0) is 67.8 Å². The monoisotopic (exact) mass is 498 g/mol. The molecule has 0 bridgehead atoms. The molecular weight excluding hydrogens is 471 g/mol. The van der Waals surface area contributed by atoms with Gasteiger partial charge in [-0.1, -0.05) is 59.6 Å². The maximum atomic E-state index is 13.1. The van der Waals surface area contributed by atoms with Crippen molar-refractivity contribution in [3.8, 4) is 0 Å². The number of hydrogen-bond acceptors (Lipinski definition) is 3. The van der Waals surface area contributed by atoms with E-state index < -0.39 is 0 Å². The van der Waals surface area contributed by atoms with Crippen molar-refractivity contribution in [3.05, 3.63) is 93.5 Å². The molecule has 1 N–H and O–H groups in total. The molecule has 0 aromatic heterocycles. The van der Waals surface area contributed by atoms with Crippen molar-refractivity contribution in [3.63, 3.8) is 0 Å². The molecule has 1 unspecified atom stereocenters. The zero-order chi connectivity index (χ0) is 23.2. The van der Waals surface area contributed by atoms with Gasteiger partial charge >= 0.3 is 0 Å². The fraction of sp³-hybridized carbons (Fsp3) is 0.296. The van der Waals surface area contributed by atoms with Crippen molar-refractivity contribution in [1.29, 1.82) is 0 Å². The first-order valence-electron chi connectivity index (χ1n) is 11.2. The van der Waals surface area contributed by atoms with E-state index in [4.69, 9.17) is 23.2 Å². The average Bonchev–Trinajstić information content (AvgIpc) is 2.82. The van der Waals surface area contributed by atoms with Crippen LogP contribution >= 0.6 is 35.0 Å². The lowest BCUT2D eigenvalue weighted by atomic mass is 9.96. The molecule has 172 valence electrons. The summed E-state index contributed by atoms with van der Waals surface area (Å²) in [4.78, 5) is 16.6. The lowest BCUT2D eigenvalue weighted by Gasteiger charge is -2.32. The van der Waals surface area contributed by atoms with E-state index in [1.54, 1.807) is 0 Å². The van der Waals surface area contributed by atoms with Crippen molar-refractivity contribution >= 4 is 46.6 Å². The van der Waals surface area contributed by atoms with Gasteiger partial charge < -0.3 is 5.32 Å². The third kappa shape index (κ3) is 6.54. The van der Waals surface area contributed by atoms with Crippen LogP contribution in [-0.2, 0) is 17.1 Å². The number of nitrogens with one attached hydrogen (secondary N) is 1. The van der Waals surface area contributed by atoms with Gasteiger partial charge in [-0.15, -0.1) is 11.8 Å². The standard InChI is InChI=1S/C27H28Cl2N2OS/c1-19-15-20(18-33-22-8-3-2-4-9-22)12-13-26(19)30-27(32)21-7-6-14-31(16-21)17-23-24(28)10-5-11-25(23)29/h2-5,8-13,15,21H,6-7,14,16-18H2,1H3,(H,30,32). The summed E-state index contributed by atoms with van der Waals surface area (Å²) >= 11 is 14.5. The van der Waals surface area contributed by atoms with E-state index in [1.807, 2.05) is 42.1 Å². The SMILES string of the molecule is Cc1cc(CSc2ccccc2)ccc1NC(=O)C1CCCN(Cc2c(Cl)cccc2Cl)C1. The summed E-state index contributed by atoms with van der Waals surface area (Å²) in [6.45, 7) is 4.37. The maximum absolute atomic E-state index is 13.1. The van der Waals surface area contributed by atoms with Crippen LogP contribution in [0.4, 0.5) is 5.69 Å². The second kappa shape index (κ2) is 11.4. The Hall–Kier alpha value is -1.98. The van der Waals surface area contributed by atoms with Gasteiger partial charge in [0.25, 0.3) is 0 Å². The fourth-order valence-electron chi connectivity index (χ4n) is 4.19. The number of carbonyl (C=O) groups is 1. The molecule has 3 aromatic rings. The van der Waals surface area contributed by atoms with Crippen LogP contribution in [0.5, 0.6) is 0 Å². The average molecular weight is 500 g/mol. The van der Waals surface area contributed by atoms with Gasteiger partial charge in [-0.2, -0.15) is 0 Å². The Kier molecular flexibility index (Phi) is 8.37. The summed E-state index contributed by atoms with van der Waals surface area (Å²) in [6.07, 6.45) is 1.87. The zero-order valence-corrected chi connectivity index (χ0v) is 21.0. The fourth-order valence-corrected chi connectivity index (χ4v) is 5.57. The highest BCUT2D eigenvalue weighted by Crippen LogP contribution is 2.29. The number of anilines is 1. The smallest absolute Gasteiger partial charge is 0.228 e. The number of halogens is 2. The quantitative estimate of drug-likeness (QED) is 0.343. The highest BCUT2D eigenvalue weighted by molar-refractivity contribution is 7.98. The number of rotatable bonds is 7. The van der Waals surface area contributed by atoms with Crippen LogP contribution in [0.3, 0.4) is 0 Å². The summed E-state index contributed by atoms with van der Waals surface area (Å²) in [5, 5.41) is 4.52. The maximum Gasteiger partial charge on any atom is 0.228 e. The molecule has 1 atom stereocenters. The second-order valence-corrected chi connectivity index (χ2v) is 10.4. The number of piperidine rings is 1. The molecule has 0 radical (unpaired) electrons. The van der Waals surface area contributed by atoms with Crippen LogP contribution in [0.25, 0.3) is 0 Å². The van der Waals surface area contributed by atoms with Gasteiger partial charge in [0.1, 0.15) is 0 Å². The third-order valence-electron chi connectivity index (χ3n) is 6.02. The molecule has 3 aromatic carbocycles. The molecule has 1 aliphatic rings. The highest BCUT2D eigenvalue weighted by atomic mass is 35.5. The van der Waals surface area contributed by atoms with E-state index >= 15 is 0 Å². The number of likely N-dealkylation sites (tertiary alicyclic amines) is 1. The van der Waals surface area contributed by atoms with Crippen LogP contribution in [0.1, 0.15) is 29.5 Å². The van der Waals surface area contributed by atoms with Crippen molar-refractivity contribution in [2.24, 2.45) is 5.92 Å². The van der Waals surface area contributed by atoms with Crippen molar-refractivity contribution < 1.29 is 4.79 Å². The van der Waals surface area contributed by atoms with Crippen molar-refractivity contribution in [1.82, 2.24) is 4.90 Å². The molecule has 0 aliphatic carbocycles. The predicted molar refractivity (Wildman–Crippen MR) is 140 cm³/mol.